The van der Waals surface area contributed by atoms with Crippen LogP contribution in [0.2, 0.25) is 0 Å². The third-order valence-corrected chi connectivity index (χ3v) is 2.83. The average Bonchev–Trinajstić information content (AvgIpc) is 2.71. The molecule has 0 radical (unpaired) electrons. The average molecular weight is 222 g/mol. The molecule has 2 rings (SSSR count). The van der Waals surface area contributed by atoms with Crippen LogP contribution in [0, 0.1) is 6.92 Å². The van der Waals surface area contributed by atoms with Gasteiger partial charge in [-0.25, -0.2) is 4.68 Å². The van der Waals surface area contributed by atoms with Gasteiger partial charge in [-0.05, 0) is 13.3 Å². The molecule has 1 saturated heterocycles. The fourth-order valence-electron chi connectivity index (χ4n) is 2.14. The van der Waals surface area contributed by atoms with Crippen molar-refractivity contribution in [3.63, 3.8) is 0 Å². The number of aromatic nitrogens is 2. The first-order valence-corrected chi connectivity index (χ1v) is 5.71. The van der Waals surface area contributed by atoms with E-state index in [1.807, 2.05) is 17.8 Å². The van der Waals surface area contributed by atoms with Gasteiger partial charge in [0.05, 0.1) is 6.20 Å². The fourth-order valence-corrected chi connectivity index (χ4v) is 2.14. The normalized spacial score (nSPS) is 20.8. The summed E-state index contributed by atoms with van der Waals surface area (Å²) in [7, 11) is 0. The highest BCUT2D eigenvalue weighted by Crippen LogP contribution is 2.24. The van der Waals surface area contributed by atoms with Crippen LogP contribution in [0.15, 0.2) is 6.20 Å². The van der Waals surface area contributed by atoms with E-state index in [-0.39, 0.29) is 11.9 Å². The molecule has 1 aliphatic rings. The van der Waals surface area contributed by atoms with Crippen LogP contribution in [0.1, 0.15) is 25.3 Å². The molecule has 1 aromatic rings. The van der Waals surface area contributed by atoms with Crippen LogP contribution in [0.25, 0.3) is 0 Å². The molecule has 0 aromatic carbocycles. The standard InChI is InChI=1S/C11H18N4O/c1-3-4-15-11(8(2)6-13-15)14-7-9(12)5-10(14)16/h6,9H,3-5,7,12H2,1-2H3. The Kier molecular flexibility index (Phi) is 2.96. The van der Waals surface area contributed by atoms with Crippen molar-refractivity contribution in [2.75, 3.05) is 11.4 Å². The zero-order valence-electron chi connectivity index (χ0n) is 9.81. The summed E-state index contributed by atoms with van der Waals surface area (Å²) >= 11 is 0. The summed E-state index contributed by atoms with van der Waals surface area (Å²) in [6.45, 7) is 5.52. The number of hydrogen-bond acceptors (Lipinski definition) is 3. The van der Waals surface area contributed by atoms with Crippen molar-refractivity contribution in [1.82, 2.24) is 9.78 Å². The van der Waals surface area contributed by atoms with Gasteiger partial charge in [0.2, 0.25) is 5.91 Å². The molecule has 2 heterocycles. The number of nitrogens with zero attached hydrogens (tertiary/aromatic N) is 3. The highest BCUT2D eigenvalue weighted by molar-refractivity contribution is 5.96. The second-order valence-corrected chi connectivity index (χ2v) is 4.34. The van der Waals surface area contributed by atoms with Crippen LogP contribution >= 0.6 is 0 Å². The molecule has 88 valence electrons. The lowest BCUT2D eigenvalue weighted by atomic mass is 10.3. The Morgan fingerprint density at radius 3 is 2.94 bits per heavy atom. The van der Waals surface area contributed by atoms with Crippen LogP contribution in [0.4, 0.5) is 5.82 Å². The van der Waals surface area contributed by atoms with Gasteiger partial charge in [0.15, 0.2) is 0 Å². The number of rotatable bonds is 3. The first kappa shape index (κ1) is 11.1. The minimum absolute atomic E-state index is 0.0446. The van der Waals surface area contributed by atoms with Gasteiger partial charge in [0.1, 0.15) is 5.82 Å². The molecular formula is C11H18N4O. The van der Waals surface area contributed by atoms with Crippen LogP contribution in [-0.4, -0.2) is 28.3 Å². The molecule has 1 aromatic heterocycles. The molecule has 0 spiro atoms. The van der Waals surface area contributed by atoms with Gasteiger partial charge >= 0.3 is 0 Å². The maximum Gasteiger partial charge on any atom is 0.229 e. The van der Waals surface area contributed by atoms with E-state index >= 15 is 0 Å². The summed E-state index contributed by atoms with van der Waals surface area (Å²) in [5, 5.41) is 4.29. The highest BCUT2D eigenvalue weighted by atomic mass is 16.2. The number of amides is 1. The van der Waals surface area contributed by atoms with Gasteiger partial charge in [0, 0.05) is 31.1 Å². The Morgan fingerprint density at radius 1 is 1.62 bits per heavy atom. The number of carbonyl (C=O) groups is 1. The Balaban J connectivity index is 2.31. The Morgan fingerprint density at radius 2 is 2.38 bits per heavy atom. The molecule has 5 nitrogen and oxygen atoms in total. The molecule has 0 saturated carbocycles. The van der Waals surface area contributed by atoms with Gasteiger partial charge in [-0.1, -0.05) is 6.92 Å². The summed E-state index contributed by atoms with van der Waals surface area (Å²) in [6, 6.07) is -0.0446. The zero-order valence-corrected chi connectivity index (χ0v) is 9.81. The van der Waals surface area contributed by atoms with Gasteiger partial charge in [-0.15, -0.1) is 0 Å². The Hall–Kier alpha value is -1.36. The summed E-state index contributed by atoms with van der Waals surface area (Å²) < 4.78 is 1.89. The van der Waals surface area contributed by atoms with Crippen LogP contribution in [0.3, 0.4) is 0 Å². The lowest BCUT2D eigenvalue weighted by molar-refractivity contribution is -0.117. The molecule has 16 heavy (non-hydrogen) atoms. The first-order chi connectivity index (χ1) is 7.63. The van der Waals surface area contributed by atoms with Crippen molar-refractivity contribution in [2.24, 2.45) is 5.73 Å². The fraction of sp³-hybridized carbons (Fsp3) is 0.636. The number of anilines is 1. The maximum atomic E-state index is 11.8. The molecule has 1 fully saturated rings. The minimum Gasteiger partial charge on any atom is -0.326 e. The Labute approximate surface area is 95.2 Å². The Bertz CT molecular complexity index is 399. The molecular weight excluding hydrogens is 204 g/mol. The van der Waals surface area contributed by atoms with Crippen LogP contribution in [-0.2, 0) is 11.3 Å². The number of aryl methyl sites for hydroxylation is 2. The summed E-state index contributed by atoms with van der Waals surface area (Å²) in [5.41, 5.74) is 6.84. The molecule has 5 heteroatoms. The molecule has 1 amide bonds. The van der Waals surface area contributed by atoms with Crippen molar-refractivity contribution in [1.29, 1.82) is 0 Å². The molecule has 1 aliphatic heterocycles. The van der Waals surface area contributed by atoms with Gasteiger partial charge in [-0.2, -0.15) is 5.10 Å². The monoisotopic (exact) mass is 222 g/mol. The van der Waals surface area contributed by atoms with Crippen molar-refractivity contribution < 1.29 is 4.79 Å². The predicted molar refractivity (Wildman–Crippen MR) is 62.2 cm³/mol. The van der Waals surface area contributed by atoms with E-state index in [2.05, 4.69) is 12.0 Å². The van der Waals surface area contributed by atoms with E-state index in [1.165, 1.54) is 0 Å². The largest absolute Gasteiger partial charge is 0.326 e. The second-order valence-electron chi connectivity index (χ2n) is 4.34. The van der Waals surface area contributed by atoms with E-state index in [9.17, 15) is 4.79 Å². The van der Waals surface area contributed by atoms with Crippen molar-refractivity contribution in [3.8, 4) is 0 Å². The molecule has 0 bridgehead atoms. The maximum absolute atomic E-state index is 11.8. The van der Waals surface area contributed by atoms with Crippen LogP contribution < -0.4 is 10.6 Å². The van der Waals surface area contributed by atoms with Crippen molar-refractivity contribution in [3.05, 3.63) is 11.8 Å². The third-order valence-electron chi connectivity index (χ3n) is 2.83. The summed E-state index contributed by atoms with van der Waals surface area (Å²) in [5.74, 6) is 1.02. The van der Waals surface area contributed by atoms with Crippen molar-refractivity contribution >= 4 is 11.7 Å². The SMILES string of the molecule is CCCn1ncc(C)c1N1CC(N)CC1=O. The van der Waals surface area contributed by atoms with E-state index in [0.29, 0.717) is 13.0 Å². The summed E-state index contributed by atoms with van der Waals surface area (Å²) in [4.78, 5) is 13.6. The topological polar surface area (TPSA) is 64.2 Å². The lowest BCUT2D eigenvalue weighted by Crippen LogP contribution is -2.30. The molecule has 1 unspecified atom stereocenters. The quantitative estimate of drug-likeness (QED) is 0.817. The number of hydrogen-bond donors (Lipinski definition) is 1. The molecule has 1 atom stereocenters. The third kappa shape index (κ3) is 1.82. The molecule has 0 aliphatic carbocycles. The van der Waals surface area contributed by atoms with Crippen LogP contribution in [0.5, 0.6) is 0 Å². The van der Waals surface area contributed by atoms with Gasteiger partial charge < -0.3 is 5.73 Å². The lowest BCUT2D eigenvalue weighted by Gasteiger charge is -2.18. The smallest absolute Gasteiger partial charge is 0.229 e. The highest BCUT2D eigenvalue weighted by Gasteiger charge is 2.31. The number of carbonyl (C=O) groups excluding carboxylic acids is 1. The zero-order chi connectivity index (χ0) is 11.7. The first-order valence-electron chi connectivity index (χ1n) is 5.71. The predicted octanol–water partition coefficient (Wildman–Crippen LogP) is 0.666. The van der Waals surface area contributed by atoms with E-state index in [0.717, 1.165) is 24.3 Å². The van der Waals surface area contributed by atoms with E-state index in [4.69, 9.17) is 5.73 Å². The molecule has 2 N–H and O–H groups in total. The second kappa shape index (κ2) is 4.25. The van der Waals surface area contributed by atoms with Crippen molar-refractivity contribution in [2.45, 2.75) is 39.3 Å². The van der Waals surface area contributed by atoms with Gasteiger partial charge in [0.25, 0.3) is 0 Å². The van der Waals surface area contributed by atoms with E-state index in [1.54, 1.807) is 4.90 Å². The minimum atomic E-state index is -0.0446. The van der Waals surface area contributed by atoms with Gasteiger partial charge in [-0.3, -0.25) is 9.69 Å². The summed E-state index contributed by atoms with van der Waals surface area (Å²) in [6.07, 6.45) is 3.25. The number of nitrogens with two attached hydrogens (primary N) is 1. The van der Waals surface area contributed by atoms with E-state index < -0.39 is 0 Å².